The van der Waals surface area contributed by atoms with E-state index in [9.17, 15) is 9.59 Å². The maximum absolute atomic E-state index is 12.9. The zero-order chi connectivity index (χ0) is 20.8. The number of carbonyl (C=O) groups is 2. The summed E-state index contributed by atoms with van der Waals surface area (Å²) in [7, 11) is 3.71. The molecule has 1 aromatic carbocycles. The van der Waals surface area contributed by atoms with Gasteiger partial charge in [-0.15, -0.1) is 0 Å². The van der Waals surface area contributed by atoms with Crippen LogP contribution in [-0.2, 0) is 9.53 Å². The maximum atomic E-state index is 12.9. The first kappa shape index (κ1) is 21.1. The highest BCUT2D eigenvalue weighted by Gasteiger charge is 2.34. The van der Waals surface area contributed by atoms with Gasteiger partial charge in [-0.1, -0.05) is 12.1 Å². The Morgan fingerprint density at radius 1 is 1.17 bits per heavy atom. The van der Waals surface area contributed by atoms with Gasteiger partial charge in [-0.05, 0) is 51.2 Å². The third-order valence-electron chi connectivity index (χ3n) is 5.29. The summed E-state index contributed by atoms with van der Waals surface area (Å²) < 4.78 is 10.6. The smallest absolute Gasteiger partial charge is 0.338 e. The number of urea groups is 1. The van der Waals surface area contributed by atoms with Gasteiger partial charge in [0.1, 0.15) is 5.75 Å². The normalized spacial score (nSPS) is 21.2. The van der Waals surface area contributed by atoms with E-state index >= 15 is 0 Å². The summed E-state index contributed by atoms with van der Waals surface area (Å²) in [6.07, 6.45) is 1.05. The first-order valence-electron chi connectivity index (χ1n) is 10.0. The van der Waals surface area contributed by atoms with Crippen molar-refractivity contribution in [2.45, 2.75) is 19.4 Å². The first-order valence-corrected chi connectivity index (χ1v) is 10.0. The number of carbonyl (C=O) groups excluding carboxylic acids is 2. The van der Waals surface area contributed by atoms with Crippen molar-refractivity contribution in [1.82, 2.24) is 20.4 Å². The number of nitrogens with zero attached hydrogens (tertiary/aromatic N) is 2. The summed E-state index contributed by atoms with van der Waals surface area (Å²) in [5, 5.41) is 5.73. The largest absolute Gasteiger partial charge is 0.497 e. The third-order valence-corrected chi connectivity index (χ3v) is 5.29. The molecule has 0 bridgehead atoms. The van der Waals surface area contributed by atoms with Gasteiger partial charge < -0.3 is 25.0 Å². The molecule has 0 spiro atoms. The van der Waals surface area contributed by atoms with Crippen molar-refractivity contribution in [3.05, 3.63) is 41.1 Å². The van der Waals surface area contributed by atoms with E-state index in [-0.39, 0.29) is 12.6 Å². The number of hydrogen-bond acceptors (Lipinski definition) is 6. The molecule has 1 saturated heterocycles. The fraction of sp³-hybridized carbons (Fsp3) is 0.524. The topological polar surface area (TPSA) is 83.1 Å². The predicted molar refractivity (Wildman–Crippen MR) is 110 cm³/mol. The number of amides is 2. The van der Waals surface area contributed by atoms with Gasteiger partial charge in [-0.25, -0.2) is 9.59 Å². The van der Waals surface area contributed by atoms with Crippen LogP contribution < -0.4 is 15.4 Å². The van der Waals surface area contributed by atoms with Crippen molar-refractivity contribution in [2.75, 3.05) is 53.5 Å². The molecule has 0 saturated carbocycles. The standard InChI is InChI=1S/C21H30N4O4/c1-4-29-20(26)18-17(14-25-11-5-10-24(2)12-13-25)22-21(27)23-19(18)15-6-8-16(28-3)9-7-15/h6-9,19H,4-5,10-14H2,1-3H3,(H2,22,23,27). The van der Waals surface area contributed by atoms with Crippen LogP contribution in [0.4, 0.5) is 4.79 Å². The van der Waals surface area contributed by atoms with Crippen molar-refractivity contribution < 1.29 is 19.1 Å². The van der Waals surface area contributed by atoms with Crippen LogP contribution in [0.3, 0.4) is 0 Å². The second kappa shape index (κ2) is 9.76. The summed E-state index contributed by atoms with van der Waals surface area (Å²) in [6, 6.07) is 6.45. The molecule has 0 aromatic heterocycles. The van der Waals surface area contributed by atoms with Crippen molar-refractivity contribution in [2.24, 2.45) is 0 Å². The number of benzene rings is 1. The lowest BCUT2D eigenvalue weighted by atomic mass is 9.95. The zero-order valence-corrected chi connectivity index (χ0v) is 17.4. The van der Waals surface area contributed by atoms with Crippen molar-refractivity contribution in [3.63, 3.8) is 0 Å². The van der Waals surface area contributed by atoms with E-state index in [1.165, 1.54) is 0 Å². The number of hydrogen-bond donors (Lipinski definition) is 2. The Bertz CT molecular complexity index is 762. The van der Waals surface area contributed by atoms with Gasteiger partial charge in [0.15, 0.2) is 0 Å². The molecule has 1 atom stereocenters. The number of ether oxygens (including phenoxy) is 2. The van der Waals surface area contributed by atoms with Crippen LogP contribution in [0.5, 0.6) is 5.75 Å². The molecule has 1 aromatic rings. The minimum atomic E-state index is -0.571. The molecule has 0 radical (unpaired) electrons. The fourth-order valence-corrected chi connectivity index (χ4v) is 3.72. The van der Waals surface area contributed by atoms with Crippen LogP contribution in [0.1, 0.15) is 24.9 Å². The van der Waals surface area contributed by atoms with Gasteiger partial charge in [0, 0.05) is 25.3 Å². The summed E-state index contributed by atoms with van der Waals surface area (Å²) in [5.74, 6) is 0.298. The second-order valence-corrected chi connectivity index (χ2v) is 7.35. The van der Waals surface area contributed by atoms with E-state index in [1.807, 2.05) is 24.3 Å². The molecule has 2 aliphatic heterocycles. The van der Waals surface area contributed by atoms with Crippen LogP contribution in [-0.4, -0.2) is 75.3 Å². The summed E-state index contributed by atoms with van der Waals surface area (Å²) in [6.45, 7) is 6.35. The minimum absolute atomic E-state index is 0.271. The first-order chi connectivity index (χ1) is 14.0. The van der Waals surface area contributed by atoms with E-state index < -0.39 is 12.0 Å². The number of methoxy groups -OCH3 is 1. The Hall–Kier alpha value is -2.58. The molecule has 8 nitrogen and oxygen atoms in total. The van der Waals surface area contributed by atoms with Gasteiger partial charge in [-0.2, -0.15) is 0 Å². The van der Waals surface area contributed by atoms with Crippen molar-refractivity contribution in [3.8, 4) is 5.75 Å². The lowest BCUT2D eigenvalue weighted by Gasteiger charge is -2.32. The van der Waals surface area contributed by atoms with Crippen molar-refractivity contribution in [1.29, 1.82) is 0 Å². The van der Waals surface area contributed by atoms with E-state index in [2.05, 4.69) is 27.5 Å². The molecule has 0 aliphatic carbocycles. The van der Waals surface area contributed by atoms with Gasteiger partial charge in [-0.3, -0.25) is 4.90 Å². The average Bonchev–Trinajstić information content (AvgIpc) is 2.92. The highest BCUT2D eigenvalue weighted by Crippen LogP contribution is 2.29. The van der Waals surface area contributed by atoms with Gasteiger partial charge >= 0.3 is 12.0 Å². The lowest BCUT2D eigenvalue weighted by molar-refractivity contribution is -0.139. The van der Waals surface area contributed by atoms with E-state index in [1.54, 1.807) is 14.0 Å². The van der Waals surface area contributed by atoms with Gasteiger partial charge in [0.05, 0.1) is 25.3 Å². The highest BCUT2D eigenvalue weighted by molar-refractivity contribution is 5.95. The van der Waals surface area contributed by atoms with E-state index in [4.69, 9.17) is 9.47 Å². The Balaban J connectivity index is 1.93. The summed E-state index contributed by atoms with van der Waals surface area (Å²) in [5.41, 5.74) is 1.86. The Morgan fingerprint density at radius 2 is 1.93 bits per heavy atom. The molecule has 8 heteroatoms. The lowest BCUT2D eigenvalue weighted by Crippen LogP contribution is -2.48. The van der Waals surface area contributed by atoms with Crippen LogP contribution in [0.25, 0.3) is 0 Å². The van der Waals surface area contributed by atoms with Gasteiger partial charge in [0.2, 0.25) is 0 Å². The Labute approximate surface area is 171 Å². The molecular weight excluding hydrogens is 372 g/mol. The van der Waals surface area contributed by atoms with Crippen LogP contribution in [0.2, 0.25) is 0 Å². The second-order valence-electron chi connectivity index (χ2n) is 7.35. The SMILES string of the molecule is CCOC(=O)C1=C(CN2CCCN(C)CC2)NC(=O)NC1c1ccc(OC)cc1. The zero-order valence-electron chi connectivity index (χ0n) is 17.4. The Morgan fingerprint density at radius 3 is 2.62 bits per heavy atom. The predicted octanol–water partition coefficient (Wildman–Crippen LogP) is 1.50. The highest BCUT2D eigenvalue weighted by atomic mass is 16.5. The van der Waals surface area contributed by atoms with Crippen molar-refractivity contribution >= 4 is 12.0 Å². The third kappa shape index (κ3) is 5.27. The summed E-state index contributed by atoms with van der Waals surface area (Å²) in [4.78, 5) is 29.8. The minimum Gasteiger partial charge on any atom is -0.497 e. The molecule has 2 N–H and O–H groups in total. The number of nitrogens with one attached hydrogen (secondary N) is 2. The number of likely N-dealkylation sites (N-methyl/N-ethyl adjacent to an activating group) is 1. The molecule has 2 amide bonds. The molecule has 1 unspecified atom stereocenters. The molecule has 2 aliphatic rings. The number of esters is 1. The van der Waals surface area contributed by atoms with E-state index in [0.717, 1.165) is 38.2 Å². The fourth-order valence-electron chi connectivity index (χ4n) is 3.72. The molecule has 29 heavy (non-hydrogen) atoms. The number of rotatable bonds is 6. The van der Waals surface area contributed by atoms with Crippen LogP contribution in [0, 0.1) is 0 Å². The molecule has 3 rings (SSSR count). The monoisotopic (exact) mass is 402 g/mol. The van der Waals surface area contributed by atoms with E-state index in [0.29, 0.717) is 23.6 Å². The Kier molecular flexibility index (Phi) is 7.11. The molecular formula is C21H30N4O4. The average molecular weight is 402 g/mol. The van der Waals surface area contributed by atoms with Crippen LogP contribution in [0.15, 0.2) is 35.5 Å². The van der Waals surface area contributed by atoms with Crippen LogP contribution >= 0.6 is 0 Å². The molecule has 158 valence electrons. The maximum Gasteiger partial charge on any atom is 0.338 e. The summed E-state index contributed by atoms with van der Waals surface area (Å²) >= 11 is 0. The van der Waals surface area contributed by atoms with Gasteiger partial charge in [0.25, 0.3) is 0 Å². The molecule has 1 fully saturated rings. The molecule has 2 heterocycles. The quantitative estimate of drug-likeness (QED) is 0.702.